The van der Waals surface area contributed by atoms with Gasteiger partial charge in [-0.05, 0) is 57.1 Å². The van der Waals surface area contributed by atoms with Crippen molar-refractivity contribution in [1.29, 1.82) is 0 Å². The number of nitrogens with one attached hydrogen (secondary N) is 1. The smallest absolute Gasteiger partial charge is 0.248 e. The summed E-state index contributed by atoms with van der Waals surface area (Å²) in [6, 6.07) is 12.5. The van der Waals surface area contributed by atoms with Crippen molar-refractivity contribution in [3.63, 3.8) is 0 Å². The van der Waals surface area contributed by atoms with E-state index in [1.807, 2.05) is 6.07 Å². The maximum absolute atomic E-state index is 4.12. The Morgan fingerprint density at radius 1 is 1.27 bits per heavy atom. The molecule has 7 heteroatoms. The summed E-state index contributed by atoms with van der Waals surface area (Å²) in [5.41, 5.74) is 3.42. The number of benzene rings is 1. The van der Waals surface area contributed by atoms with Crippen molar-refractivity contribution in [3.05, 3.63) is 62.3 Å². The van der Waals surface area contributed by atoms with E-state index in [0.717, 1.165) is 14.4 Å². The first-order chi connectivity index (χ1) is 10.7. The maximum atomic E-state index is 4.12. The van der Waals surface area contributed by atoms with Crippen LogP contribution in [0.2, 0.25) is 0 Å². The lowest BCUT2D eigenvalue weighted by molar-refractivity contribution is 0.585. The van der Waals surface area contributed by atoms with Gasteiger partial charge in [-0.1, -0.05) is 34.9 Å². The number of nitrogens with zero attached hydrogens (tertiary/aromatic N) is 4. The van der Waals surface area contributed by atoms with E-state index in [2.05, 4.69) is 80.1 Å². The Balaban J connectivity index is 1.83. The van der Waals surface area contributed by atoms with Crippen LogP contribution in [0.25, 0.3) is 5.70 Å². The molecule has 4 rings (SSSR count). The molecule has 0 radical (unpaired) electrons. The van der Waals surface area contributed by atoms with Crippen molar-refractivity contribution in [2.45, 2.75) is 13.0 Å². The molecule has 1 aromatic carbocycles. The predicted molar refractivity (Wildman–Crippen MR) is 90.8 cm³/mol. The Morgan fingerprint density at radius 2 is 2.18 bits per heavy atom. The molecule has 3 heterocycles. The first-order valence-electron chi connectivity index (χ1n) is 6.80. The second-order valence-corrected chi connectivity index (χ2v) is 7.58. The van der Waals surface area contributed by atoms with E-state index < -0.39 is 0 Å². The number of halogens is 1. The first kappa shape index (κ1) is 13.7. The molecule has 1 atom stereocenters. The van der Waals surface area contributed by atoms with Crippen LogP contribution in [-0.4, -0.2) is 20.2 Å². The van der Waals surface area contributed by atoms with E-state index in [1.54, 1.807) is 16.0 Å². The van der Waals surface area contributed by atoms with Crippen LogP contribution in [0.5, 0.6) is 0 Å². The molecule has 0 saturated carbocycles. The molecule has 0 bridgehead atoms. The van der Waals surface area contributed by atoms with E-state index in [1.165, 1.54) is 11.1 Å². The molecular formula is C15H12BrN5S. The second-order valence-electron chi connectivity index (χ2n) is 5.12. The van der Waals surface area contributed by atoms with E-state index >= 15 is 0 Å². The minimum atomic E-state index is -0.0120. The van der Waals surface area contributed by atoms with Crippen LogP contribution in [0.1, 0.15) is 22.0 Å². The lowest BCUT2D eigenvalue weighted by Gasteiger charge is -2.23. The van der Waals surface area contributed by atoms with Crippen molar-refractivity contribution in [1.82, 2.24) is 20.2 Å². The minimum Gasteiger partial charge on any atom is -0.322 e. The number of rotatable bonds is 2. The van der Waals surface area contributed by atoms with Crippen LogP contribution in [0.3, 0.4) is 0 Å². The zero-order chi connectivity index (χ0) is 15.1. The van der Waals surface area contributed by atoms with Crippen molar-refractivity contribution >= 4 is 38.9 Å². The molecule has 22 heavy (non-hydrogen) atoms. The molecule has 110 valence electrons. The summed E-state index contributed by atoms with van der Waals surface area (Å²) in [5.74, 6) is 0.661. The molecule has 3 aromatic rings. The van der Waals surface area contributed by atoms with Crippen LogP contribution in [-0.2, 0) is 0 Å². The number of hydrogen-bond acceptors (Lipinski definition) is 5. The van der Waals surface area contributed by atoms with E-state index in [-0.39, 0.29) is 6.04 Å². The standard InChI is InChI=1S/C15H12BrN5S/c1-9-3-2-4-10(7-9)12-8-11(13-5-6-14(16)22-13)17-15-18-19-20-21(12)15/h2-8,12H,1H3,(H,17,18,20)/t12-/m1/s1. The quantitative estimate of drug-likeness (QED) is 0.740. The Morgan fingerprint density at radius 3 is 2.95 bits per heavy atom. The summed E-state index contributed by atoms with van der Waals surface area (Å²) in [4.78, 5) is 1.15. The van der Waals surface area contributed by atoms with Crippen LogP contribution in [0, 0.1) is 6.92 Å². The van der Waals surface area contributed by atoms with Gasteiger partial charge in [-0.2, -0.15) is 4.68 Å². The van der Waals surface area contributed by atoms with E-state index in [9.17, 15) is 0 Å². The normalized spacial score (nSPS) is 16.8. The number of allylic oxidation sites excluding steroid dienone is 1. The molecule has 0 aliphatic carbocycles. The van der Waals surface area contributed by atoms with Gasteiger partial charge in [0.05, 0.1) is 14.4 Å². The van der Waals surface area contributed by atoms with Gasteiger partial charge in [-0.15, -0.1) is 11.3 Å². The SMILES string of the molecule is Cc1cccc([C@H]2C=C(c3ccc(Br)s3)Nc3nnnn32)c1. The molecule has 0 unspecified atom stereocenters. The number of aryl methyl sites for hydroxylation is 1. The van der Waals surface area contributed by atoms with E-state index in [4.69, 9.17) is 0 Å². The fourth-order valence-electron chi connectivity index (χ4n) is 2.55. The number of tetrazole rings is 1. The monoisotopic (exact) mass is 373 g/mol. The second kappa shape index (κ2) is 5.33. The van der Waals surface area contributed by atoms with Crippen LogP contribution >= 0.6 is 27.3 Å². The molecular weight excluding hydrogens is 362 g/mol. The number of fused-ring (bicyclic) bond motifs is 1. The molecule has 0 saturated heterocycles. The van der Waals surface area contributed by atoms with Crippen LogP contribution in [0.4, 0.5) is 5.95 Å². The van der Waals surface area contributed by atoms with Crippen molar-refractivity contribution in [2.24, 2.45) is 0 Å². The summed E-state index contributed by atoms with van der Waals surface area (Å²) >= 11 is 5.19. The predicted octanol–water partition coefficient (Wildman–Crippen LogP) is 3.86. The van der Waals surface area contributed by atoms with Crippen molar-refractivity contribution < 1.29 is 0 Å². The summed E-state index contributed by atoms with van der Waals surface area (Å²) in [5, 5.41) is 15.3. The van der Waals surface area contributed by atoms with Gasteiger partial charge in [0.2, 0.25) is 5.95 Å². The zero-order valence-electron chi connectivity index (χ0n) is 11.7. The fourth-order valence-corrected chi connectivity index (χ4v) is 3.91. The van der Waals surface area contributed by atoms with Gasteiger partial charge >= 0.3 is 0 Å². The number of anilines is 1. The third-order valence-corrected chi connectivity index (χ3v) is 5.21. The lowest BCUT2D eigenvalue weighted by atomic mass is 10.0. The summed E-state index contributed by atoms with van der Waals surface area (Å²) in [7, 11) is 0. The Kier molecular flexibility index (Phi) is 3.31. The fraction of sp³-hybridized carbons (Fsp3) is 0.133. The third kappa shape index (κ3) is 2.36. The van der Waals surface area contributed by atoms with Gasteiger partial charge in [0, 0.05) is 0 Å². The average Bonchev–Trinajstić information content (AvgIpc) is 3.14. The largest absolute Gasteiger partial charge is 0.322 e. The third-order valence-electron chi connectivity index (χ3n) is 3.55. The molecule has 5 nitrogen and oxygen atoms in total. The Bertz CT molecular complexity index is 866. The van der Waals surface area contributed by atoms with Crippen molar-refractivity contribution in [2.75, 3.05) is 5.32 Å². The van der Waals surface area contributed by atoms with Gasteiger partial charge < -0.3 is 5.32 Å². The summed E-state index contributed by atoms with van der Waals surface area (Å²) in [6.07, 6.45) is 2.16. The number of thiophene rings is 1. The highest BCUT2D eigenvalue weighted by atomic mass is 79.9. The number of hydrogen-bond donors (Lipinski definition) is 1. The minimum absolute atomic E-state index is 0.0120. The molecule has 2 aromatic heterocycles. The van der Waals surface area contributed by atoms with Gasteiger partial charge in [-0.3, -0.25) is 0 Å². The molecule has 0 spiro atoms. The molecule has 1 aliphatic rings. The summed E-state index contributed by atoms with van der Waals surface area (Å²) in [6.45, 7) is 2.09. The average molecular weight is 374 g/mol. The van der Waals surface area contributed by atoms with Crippen molar-refractivity contribution in [3.8, 4) is 0 Å². The first-order valence-corrected chi connectivity index (χ1v) is 8.40. The molecule has 1 aliphatic heterocycles. The zero-order valence-corrected chi connectivity index (χ0v) is 14.1. The van der Waals surface area contributed by atoms with E-state index in [0.29, 0.717) is 5.95 Å². The Hall–Kier alpha value is -1.99. The van der Waals surface area contributed by atoms with Crippen LogP contribution < -0.4 is 5.32 Å². The molecule has 0 fully saturated rings. The molecule has 1 N–H and O–H groups in total. The summed E-state index contributed by atoms with van der Waals surface area (Å²) < 4.78 is 2.91. The highest BCUT2D eigenvalue weighted by molar-refractivity contribution is 9.11. The topological polar surface area (TPSA) is 55.6 Å². The van der Waals surface area contributed by atoms with Crippen LogP contribution in [0.15, 0.2) is 46.3 Å². The molecule has 0 amide bonds. The van der Waals surface area contributed by atoms with Gasteiger partial charge in [-0.25, -0.2) is 0 Å². The lowest BCUT2D eigenvalue weighted by Crippen LogP contribution is -2.20. The maximum Gasteiger partial charge on any atom is 0.248 e. The van der Waals surface area contributed by atoms with Gasteiger partial charge in [0.25, 0.3) is 0 Å². The van der Waals surface area contributed by atoms with Gasteiger partial charge in [0.15, 0.2) is 0 Å². The van der Waals surface area contributed by atoms with Gasteiger partial charge in [0.1, 0.15) is 6.04 Å². The highest BCUT2D eigenvalue weighted by Gasteiger charge is 2.24. The Labute approximate surface area is 139 Å². The number of aromatic nitrogens is 4. The highest BCUT2D eigenvalue weighted by Crippen LogP contribution is 2.35.